The van der Waals surface area contributed by atoms with Gasteiger partial charge in [-0.15, -0.1) is 6.58 Å². The van der Waals surface area contributed by atoms with Crippen LogP contribution >= 0.6 is 45.8 Å². The first kappa shape index (κ1) is 23.4. The highest BCUT2D eigenvalue weighted by Crippen LogP contribution is 2.36. The van der Waals surface area contributed by atoms with Gasteiger partial charge >= 0.3 is 6.03 Å². The molecular weight excluding hydrogens is 554 g/mol. The van der Waals surface area contributed by atoms with Crippen molar-refractivity contribution in [1.82, 2.24) is 10.2 Å². The Morgan fingerprint density at radius 1 is 1.19 bits per heavy atom. The predicted octanol–water partition coefficient (Wildman–Crippen LogP) is 5.65. The maximum Gasteiger partial charge on any atom is 0.329 e. The highest BCUT2D eigenvalue weighted by Gasteiger charge is 2.32. The van der Waals surface area contributed by atoms with Gasteiger partial charge in [-0.25, -0.2) is 4.79 Å². The van der Waals surface area contributed by atoms with Crippen LogP contribution in [-0.2, 0) is 11.4 Å². The van der Waals surface area contributed by atoms with Crippen molar-refractivity contribution in [3.8, 4) is 11.5 Å². The van der Waals surface area contributed by atoms with Crippen LogP contribution in [0.1, 0.15) is 18.1 Å². The number of nitrogens with one attached hydrogen (secondary N) is 1. The van der Waals surface area contributed by atoms with Crippen LogP contribution in [0.5, 0.6) is 11.5 Å². The monoisotopic (exact) mass is 572 g/mol. The molecule has 0 saturated carbocycles. The fraction of sp³-hybridized carbons (Fsp3) is 0.182. The van der Waals surface area contributed by atoms with Gasteiger partial charge in [0.15, 0.2) is 11.5 Å². The van der Waals surface area contributed by atoms with Crippen molar-refractivity contribution in [3.05, 3.63) is 73.4 Å². The van der Waals surface area contributed by atoms with E-state index < -0.39 is 11.9 Å². The molecule has 31 heavy (non-hydrogen) atoms. The van der Waals surface area contributed by atoms with Crippen LogP contribution in [0.3, 0.4) is 0 Å². The molecule has 0 unspecified atom stereocenters. The molecule has 0 aliphatic carbocycles. The van der Waals surface area contributed by atoms with Gasteiger partial charge in [-0.3, -0.25) is 9.69 Å². The molecule has 1 N–H and O–H groups in total. The normalized spacial score (nSPS) is 14.7. The fourth-order valence-corrected chi connectivity index (χ4v) is 4.14. The second-order valence-electron chi connectivity index (χ2n) is 6.48. The summed E-state index contributed by atoms with van der Waals surface area (Å²) in [6, 6.07) is 8.33. The molecule has 162 valence electrons. The van der Waals surface area contributed by atoms with E-state index in [0.717, 1.165) is 14.0 Å². The Labute approximate surface area is 203 Å². The Hall–Kier alpha value is -2.23. The molecule has 1 heterocycles. The Morgan fingerprint density at radius 3 is 2.65 bits per heavy atom. The third-order valence-corrected chi connectivity index (χ3v) is 5.69. The molecule has 6 nitrogen and oxygen atoms in total. The van der Waals surface area contributed by atoms with Gasteiger partial charge in [0.25, 0.3) is 5.91 Å². The van der Waals surface area contributed by atoms with Crippen LogP contribution in [0.25, 0.3) is 6.08 Å². The van der Waals surface area contributed by atoms with E-state index in [0.29, 0.717) is 33.7 Å². The molecule has 0 radical (unpaired) electrons. The lowest BCUT2D eigenvalue weighted by atomic mass is 10.1. The number of rotatable bonds is 8. The predicted molar refractivity (Wildman–Crippen MR) is 130 cm³/mol. The second kappa shape index (κ2) is 10.4. The van der Waals surface area contributed by atoms with Crippen molar-refractivity contribution in [1.29, 1.82) is 0 Å². The van der Waals surface area contributed by atoms with Gasteiger partial charge in [0.1, 0.15) is 12.3 Å². The van der Waals surface area contributed by atoms with Crippen molar-refractivity contribution in [2.45, 2.75) is 13.5 Å². The molecule has 3 amide bonds. The number of halogens is 3. The number of carbonyl (C=O) groups excluding carboxylic acids is 2. The van der Waals surface area contributed by atoms with Crippen molar-refractivity contribution in [2.24, 2.45) is 0 Å². The zero-order valence-electron chi connectivity index (χ0n) is 16.6. The van der Waals surface area contributed by atoms with E-state index in [1.54, 1.807) is 30.3 Å². The SMILES string of the molecule is C=CCN1C(=O)N/C(=C/c2cc(I)c(OCc3ccc(Cl)cc3Cl)c(OCC)c2)C1=O. The van der Waals surface area contributed by atoms with Crippen LogP contribution in [0.15, 0.2) is 48.7 Å². The molecule has 0 atom stereocenters. The molecule has 2 aromatic carbocycles. The molecule has 1 saturated heterocycles. The van der Waals surface area contributed by atoms with Gasteiger partial charge in [-0.05, 0) is 65.4 Å². The number of imide groups is 1. The topological polar surface area (TPSA) is 67.9 Å². The average Bonchev–Trinajstić information content (AvgIpc) is 2.96. The lowest BCUT2D eigenvalue weighted by molar-refractivity contribution is -0.122. The molecule has 2 aromatic rings. The highest BCUT2D eigenvalue weighted by atomic mass is 127. The minimum Gasteiger partial charge on any atom is -0.490 e. The number of urea groups is 1. The number of nitrogens with zero attached hydrogens (tertiary/aromatic N) is 1. The zero-order chi connectivity index (χ0) is 22.5. The van der Waals surface area contributed by atoms with Gasteiger partial charge in [0.05, 0.1) is 10.2 Å². The summed E-state index contributed by atoms with van der Waals surface area (Å²) in [5, 5.41) is 3.65. The van der Waals surface area contributed by atoms with Crippen molar-refractivity contribution in [2.75, 3.05) is 13.2 Å². The smallest absolute Gasteiger partial charge is 0.329 e. The first-order chi connectivity index (χ1) is 14.8. The Kier molecular flexibility index (Phi) is 7.85. The first-order valence-electron chi connectivity index (χ1n) is 9.32. The maximum atomic E-state index is 12.4. The number of carbonyl (C=O) groups is 2. The summed E-state index contributed by atoms with van der Waals surface area (Å²) in [7, 11) is 0. The van der Waals surface area contributed by atoms with E-state index in [9.17, 15) is 9.59 Å². The van der Waals surface area contributed by atoms with Crippen LogP contribution in [0.4, 0.5) is 4.79 Å². The van der Waals surface area contributed by atoms with E-state index in [1.165, 1.54) is 6.08 Å². The molecule has 1 aliphatic rings. The quantitative estimate of drug-likeness (QED) is 0.192. The van der Waals surface area contributed by atoms with E-state index in [1.807, 2.05) is 13.0 Å². The number of hydrogen-bond donors (Lipinski definition) is 1. The minimum atomic E-state index is -0.476. The van der Waals surface area contributed by atoms with Crippen LogP contribution in [0.2, 0.25) is 10.0 Å². The average molecular weight is 573 g/mol. The van der Waals surface area contributed by atoms with E-state index in [4.69, 9.17) is 32.7 Å². The number of benzene rings is 2. The molecule has 3 rings (SSSR count). The molecule has 9 heteroatoms. The molecule has 0 bridgehead atoms. The largest absolute Gasteiger partial charge is 0.490 e. The van der Waals surface area contributed by atoms with Crippen molar-refractivity contribution < 1.29 is 19.1 Å². The van der Waals surface area contributed by atoms with Gasteiger partial charge in [0.2, 0.25) is 0 Å². The molecular formula is C22H19Cl2IN2O4. The summed E-state index contributed by atoms with van der Waals surface area (Å²) in [6.45, 7) is 6.24. The third-order valence-electron chi connectivity index (χ3n) is 4.30. The Bertz CT molecular complexity index is 1070. The summed E-state index contributed by atoms with van der Waals surface area (Å²) in [4.78, 5) is 25.5. The lowest BCUT2D eigenvalue weighted by Gasteiger charge is -2.15. The number of hydrogen-bond acceptors (Lipinski definition) is 4. The summed E-state index contributed by atoms with van der Waals surface area (Å²) < 4.78 is 12.5. The zero-order valence-corrected chi connectivity index (χ0v) is 20.3. The number of ether oxygens (including phenoxy) is 2. The summed E-state index contributed by atoms with van der Waals surface area (Å²) in [5.74, 6) is 0.673. The maximum absolute atomic E-state index is 12.4. The van der Waals surface area contributed by atoms with E-state index in [-0.39, 0.29) is 18.8 Å². The van der Waals surface area contributed by atoms with E-state index >= 15 is 0 Å². The second-order valence-corrected chi connectivity index (χ2v) is 8.49. The minimum absolute atomic E-state index is 0.143. The van der Waals surface area contributed by atoms with Crippen molar-refractivity contribution in [3.63, 3.8) is 0 Å². The molecule has 1 aliphatic heterocycles. The van der Waals surface area contributed by atoms with Crippen LogP contribution in [-0.4, -0.2) is 30.0 Å². The van der Waals surface area contributed by atoms with Crippen LogP contribution < -0.4 is 14.8 Å². The molecule has 1 fully saturated rings. The molecule has 0 spiro atoms. The van der Waals surface area contributed by atoms with Gasteiger partial charge in [-0.1, -0.05) is 35.3 Å². The lowest BCUT2D eigenvalue weighted by Crippen LogP contribution is -2.30. The summed E-state index contributed by atoms with van der Waals surface area (Å²) in [6.07, 6.45) is 3.10. The Balaban J connectivity index is 1.87. The number of amides is 3. The van der Waals surface area contributed by atoms with Crippen molar-refractivity contribution >= 4 is 63.8 Å². The highest BCUT2D eigenvalue weighted by molar-refractivity contribution is 14.1. The van der Waals surface area contributed by atoms with E-state index in [2.05, 4.69) is 34.5 Å². The molecule has 0 aromatic heterocycles. The van der Waals surface area contributed by atoms with Crippen LogP contribution in [0, 0.1) is 3.57 Å². The Morgan fingerprint density at radius 2 is 1.97 bits per heavy atom. The summed E-state index contributed by atoms with van der Waals surface area (Å²) in [5.41, 5.74) is 1.66. The third kappa shape index (κ3) is 5.53. The first-order valence-corrected chi connectivity index (χ1v) is 11.2. The van der Waals surface area contributed by atoms with Gasteiger partial charge in [-0.2, -0.15) is 0 Å². The summed E-state index contributed by atoms with van der Waals surface area (Å²) >= 11 is 14.3. The fourth-order valence-electron chi connectivity index (χ4n) is 2.90. The standard InChI is InChI=1S/C22H19Cl2IN2O4/c1-3-7-27-21(28)18(26-22(27)29)9-13-8-17(25)20(19(10-13)30-4-2)31-12-14-5-6-15(23)11-16(14)24/h3,5-6,8-11H,1,4,7,12H2,2H3,(H,26,29)/b18-9+. The van der Waals surface area contributed by atoms with Gasteiger partial charge in [0, 0.05) is 22.2 Å². The van der Waals surface area contributed by atoms with Gasteiger partial charge < -0.3 is 14.8 Å².